The molecule has 0 aliphatic carbocycles. The molecule has 0 saturated carbocycles. The summed E-state index contributed by atoms with van der Waals surface area (Å²) < 4.78 is 0. The monoisotopic (exact) mass is 211 g/mol. The molecule has 0 fully saturated rings. The van der Waals surface area contributed by atoms with E-state index in [2.05, 4.69) is 15.0 Å². The lowest BCUT2D eigenvalue weighted by molar-refractivity contribution is 0.256. The van der Waals surface area contributed by atoms with Crippen LogP contribution in [0.5, 0.6) is 0 Å². The van der Waals surface area contributed by atoms with Gasteiger partial charge in [-0.2, -0.15) is 9.98 Å². The summed E-state index contributed by atoms with van der Waals surface area (Å²) in [7, 11) is 0. The van der Waals surface area contributed by atoms with E-state index < -0.39 is 6.03 Å². The lowest BCUT2D eigenvalue weighted by Gasteiger charge is -2.04. The van der Waals surface area contributed by atoms with Crippen molar-refractivity contribution in [3.8, 4) is 0 Å². The lowest BCUT2D eigenvalue weighted by atomic mass is 10.0. The molecular weight excluding hydrogens is 202 g/mol. The highest BCUT2D eigenvalue weighted by molar-refractivity contribution is 5.86. The number of hydrogen-bond acceptors (Lipinski definition) is 2. The molecule has 0 radical (unpaired) electrons. The Morgan fingerprint density at radius 2 is 1.81 bits per heavy atom. The molecule has 0 atom stereocenters. The fourth-order valence-corrected chi connectivity index (χ4v) is 2.02. The van der Waals surface area contributed by atoms with E-state index >= 15 is 0 Å². The molecule has 0 spiro atoms. The number of fused-ring (bicyclic) bond motifs is 3. The Balaban J connectivity index is 2.72. The number of amides is 2. The molecule has 4 heteroatoms. The van der Waals surface area contributed by atoms with Crippen LogP contribution in [0, 0.1) is 13.8 Å². The molecule has 2 aromatic rings. The number of carbonyl (C=O) groups excluding carboxylic acids is 1. The van der Waals surface area contributed by atoms with E-state index in [9.17, 15) is 4.79 Å². The first-order chi connectivity index (χ1) is 7.68. The van der Waals surface area contributed by atoms with Crippen LogP contribution in [0.3, 0.4) is 0 Å². The fraction of sp³-hybridized carbons (Fsp3) is 0.167. The molecule has 4 nitrogen and oxygen atoms in total. The Kier molecular flexibility index (Phi) is 1.68. The molecule has 1 aromatic carbocycles. The smallest absolute Gasteiger partial charge is 0.254 e. The zero-order chi connectivity index (χ0) is 11.3. The maximum absolute atomic E-state index is 11.2. The first kappa shape index (κ1) is 9.15. The molecule has 1 aromatic heterocycles. The highest BCUT2D eigenvalue weighted by Crippen LogP contribution is 2.14. The largest absolute Gasteiger partial charge is 0.368 e. The summed E-state index contributed by atoms with van der Waals surface area (Å²) in [6, 6.07) is 3.44. The van der Waals surface area contributed by atoms with E-state index in [1.165, 1.54) is 0 Å². The van der Waals surface area contributed by atoms with Gasteiger partial charge in [-0.05, 0) is 31.0 Å². The molecule has 1 aliphatic rings. The summed E-state index contributed by atoms with van der Waals surface area (Å²) in [4.78, 5) is 23.4. The molecule has 1 aliphatic heterocycles. The predicted octanol–water partition coefficient (Wildman–Crippen LogP) is 1.22. The van der Waals surface area contributed by atoms with Crippen LogP contribution >= 0.6 is 0 Å². The van der Waals surface area contributed by atoms with Crippen molar-refractivity contribution in [2.75, 3.05) is 0 Å². The van der Waals surface area contributed by atoms with Crippen LogP contribution in [0.1, 0.15) is 11.1 Å². The lowest BCUT2D eigenvalue weighted by Crippen LogP contribution is -2.27. The second-order valence-electron chi connectivity index (χ2n) is 3.85. The molecule has 16 heavy (non-hydrogen) atoms. The highest BCUT2D eigenvalue weighted by atomic mass is 16.2. The van der Waals surface area contributed by atoms with Crippen molar-refractivity contribution >= 4 is 16.9 Å². The molecule has 0 bridgehead atoms. The Labute approximate surface area is 91.4 Å². The molecule has 0 saturated heterocycles. The van der Waals surface area contributed by atoms with Gasteiger partial charge in [-0.15, -0.1) is 0 Å². The van der Waals surface area contributed by atoms with Gasteiger partial charge in [0.1, 0.15) is 10.7 Å². The van der Waals surface area contributed by atoms with E-state index in [1.54, 1.807) is 6.20 Å². The van der Waals surface area contributed by atoms with Crippen LogP contribution in [0.15, 0.2) is 28.3 Å². The molecule has 3 rings (SSSR count). The van der Waals surface area contributed by atoms with Gasteiger partial charge in [0.2, 0.25) is 0 Å². The van der Waals surface area contributed by atoms with Gasteiger partial charge in [-0.25, -0.2) is 4.79 Å². The van der Waals surface area contributed by atoms with E-state index in [0.29, 0.717) is 10.7 Å². The molecular formula is C12H9N3O. The minimum absolute atomic E-state index is 0.435. The Morgan fingerprint density at radius 1 is 1.06 bits per heavy atom. The molecule has 0 unspecified atom stereocenters. The van der Waals surface area contributed by atoms with Crippen molar-refractivity contribution in [1.82, 2.24) is 4.98 Å². The topological polar surface area (TPSA) is 54.7 Å². The first-order valence-electron chi connectivity index (χ1n) is 5.04. The van der Waals surface area contributed by atoms with Gasteiger partial charge < -0.3 is 0 Å². The number of rotatable bonds is 0. The number of hydrogen-bond donors (Lipinski definition) is 0. The van der Waals surface area contributed by atoms with E-state index in [1.807, 2.05) is 26.0 Å². The van der Waals surface area contributed by atoms with Gasteiger partial charge in [-0.3, -0.25) is 4.98 Å². The third kappa shape index (κ3) is 1.04. The second kappa shape index (κ2) is 2.95. The van der Waals surface area contributed by atoms with Crippen molar-refractivity contribution in [3.63, 3.8) is 0 Å². The van der Waals surface area contributed by atoms with Gasteiger partial charge in [0.05, 0.1) is 5.52 Å². The maximum atomic E-state index is 11.2. The van der Waals surface area contributed by atoms with E-state index in [4.69, 9.17) is 0 Å². The summed E-state index contributed by atoms with van der Waals surface area (Å²) in [5, 5.41) is 2.32. The average Bonchev–Trinajstić information content (AvgIpc) is 2.68. The van der Waals surface area contributed by atoms with Crippen LogP contribution in [-0.2, 0) is 0 Å². The summed E-state index contributed by atoms with van der Waals surface area (Å²) >= 11 is 0. The van der Waals surface area contributed by atoms with Crippen LogP contribution in [0.4, 0.5) is 4.79 Å². The van der Waals surface area contributed by atoms with Gasteiger partial charge in [0, 0.05) is 11.6 Å². The van der Waals surface area contributed by atoms with Gasteiger partial charge in [-0.1, -0.05) is 6.07 Å². The third-order valence-electron chi connectivity index (χ3n) is 2.99. The van der Waals surface area contributed by atoms with Crippen molar-refractivity contribution < 1.29 is 4.79 Å². The first-order valence-corrected chi connectivity index (χ1v) is 5.04. The highest BCUT2D eigenvalue weighted by Gasteiger charge is 2.14. The van der Waals surface area contributed by atoms with Crippen molar-refractivity contribution in [2.24, 2.45) is 9.98 Å². The van der Waals surface area contributed by atoms with Crippen molar-refractivity contribution in [1.29, 1.82) is 0 Å². The predicted molar refractivity (Wildman–Crippen MR) is 58.9 cm³/mol. The van der Waals surface area contributed by atoms with Gasteiger partial charge in [0.15, 0.2) is 0 Å². The quantitative estimate of drug-likeness (QED) is 0.658. The van der Waals surface area contributed by atoms with Crippen LogP contribution < -0.4 is 10.7 Å². The number of carbonyl (C=O) groups is 1. The Morgan fingerprint density at radius 3 is 2.62 bits per heavy atom. The fourth-order valence-electron chi connectivity index (χ4n) is 2.02. The summed E-state index contributed by atoms with van der Waals surface area (Å²) in [5.74, 6) is 0. The summed E-state index contributed by atoms with van der Waals surface area (Å²) in [6.07, 6.45) is 1.70. The molecule has 78 valence electrons. The maximum Gasteiger partial charge on any atom is 0.368 e. The Bertz CT molecular complexity index is 747. The normalized spacial score (nSPS) is 13.5. The number of benzene rings is 1. The zero-order valence-electron chi connectivity index (χ0n) is 8.98. The number of pyridine rings is 1. The number of urea groups is 1. The number of nitrogens with zero attached hydrogens (tertiary/aromatic N) is 3. The third-order valence-corrected chi connectivity index (χ3v) is 2.99. The van der Waals surface area contributed by atoms with Gasteiger partial charge in [0.25, 0.3) is 0 Å². The van der Waals surface area contributed by atoms with E-state index in [-0.39, 0.29) is 0 Å². The Hall–Kier alpha value is -2.10. The van der Waals surface area contributed by atoms with Gasteiger partial charge >= 0.3 is 6.03 Å². The average molecular weight is 211 g/mol. The molecule has 2 heterocycles. The zero-order valence-corrected chi connectivity index (χ0v) is 8.98. The SMILES string of the molecule is Cc1c(C)c2cccnc2c2c1=NC(=O)N=2. The summed E-state index contributed by atoms with van der Waals surface area (Å²) in [6.45, 7) is 3.97. The standard InChI is InChI=1S/C12H9N3O/c1-6-7(2)9-11(15-12(16)14-9)10-8(6)4-3-5-13-10/h3-5H,1-2H3. The van der Waals surface area contributed by atoms with Crippen molar-refractivity contribution in [2.45, 2.75) is 13.8 Å². The van der Waals surface area contributed by atoms with E-state index in [0.717, 1.165) is 22.0 Å². The summed E-state index contributed by atoms with van der Waals surface area (Å²) in [5.41, 5.74) is 2.87. The van der Waals surface area contributed by atoms with Crippen molar-refractivity contribution in [3.05, 3.63) is 40.2 Å². The second-order valence-corrected chi connectivity index (χ2v) is 3.85. The number of aryl methyl sites for hydroxylation is 1. The van der Waals surface area contributed by atoms with Crippen LogP contribution in [0.25, 0.3) is 10.9 Å². The van der Waals surface area contributed by atoms with Crippen LogP contribution in [-0.4, -0.2) is 11.0 Å². The number of aromatic nitrogens is 1. The minimum Gasteiger partial charge on any atom is -0.254 e. The molecule has 0 N–H and O–H groups in total. The van der Waals surface area contributed by atoms with Crippen LogP contribution in [0.2, 0.25) is 0 Å². The molecule has 2 amide bonds. The minimum atomic E-state index is -0.435.